The van der Waals surface area contributed by atoms with E-state index in [4.69, 9.17) is 5.14 Å². The van der Waals surface area contributed by atoms with Crippen LogP contribution in [0.5, 0.6) is 0 Å². The predicted octanol–water partition coefficient (Wildman–Crippen LogP) is 4.55. The molecular formula is C23H22FN3OS. The molecule has 148 valence electrons. The van der Waals surface area contributed by atoms with Gasteiger partial charge >= 0.3 is 0 Å². The van der Waals surface area contributed by atoms with Gasteiger partial charge in [-0.2, -0.15) is 0 Å². The summed E-state index contributed by atoms with van der Waals surface area (Å²) in [5, 5.41) is 5.30. The van der Waals surface area contributed by atoms with Crippen LogP contribution in [-0.2, 0) is 24.1 Å². The molecule has 0 atom stereocenters. The molecule has 0 unspecified atom stereocenters. The maximum atomic E-state index is 13.3. The number of benzene rings is 2. The van der Waals surface area contributed by atoms with Gasteiger partial charge in [0.2, 0.25) is 6.41 Å². The second kappa shape index (κ2) is 8.76. The molecule has 2 heterocycles. The van der Waals surface area contributed by atoms with Gasteiger partial charge in [-0.1, -0.05) is 18.2 Å². The van der Waals surface area contributed by atoms with E-state index in [9.17, 15) is 9.18 Å². The van der Waals surface area contributed by atoms with Crippen LogP contribution in [0.1, 0.15) is 23.1 Å². The summed E-state index contributed by atoms with van der Waals surface area (Å²) >= 11 is 0.856. The first-order chi connectivity index (χ1) is 14.2. The van der Waals surface area contributed by atoms with Crippen LogP contribution >= 0.6 is 11.9 Å². The summed E-state index contributed by atoms with van der Waals surface area (Å²) in [6.45, 7) is 0.622. The Kier molecular flexibility index (Phi) is 5.92. The number of amides is 1. The van der Waals surface area contributed by atoms with Crippen molar-refractivity contribution in [1.82, 2.24) is 4.98 Å². The maximum absolute atomic E-state index is 13.3. The minimum atomic E-state index is -0.316. The SMILES string of the molecule is NSc1cc2c(cc1F)CCN2C=O.c1ccc(-c2ccc3c(c2)CCC3)nc1. The summed E-state index contributed by atoms with van der Waals surface area (Å²) in [5.74, 6) is -0.316. The number of nitrogens with two attached hydrogens (primary N) is 1. The lowest BCUT2D eigenvalue weighted by atomic mass is 10.0. The van der Waals surface area contributed by atoms with E-state index < -0.39 is 0 Å². The molecule has 0 radical (unpaired) electrons. The van der Waals surface area contributed by atoms with E-state index in [-0.39, 0.29) is 5.82 Å². The molecule has 0 bridgehead atoms. The van der Waals surface area contributed by atoms with Crippen molar-refractivity contribution < 1.29 is 9.18 Å². The molecule has 0 fully saturated rings. The molecule has 29 heavy (non-hydrogen) atoms. The predicted molar refractivity (Wildman–Crippen MR) is 115 cm³/mol. The lowest BCUT2D eigenvalue weighted by Crippen LogP contribution is -2.17. The van der Waals surface area contributed by atoms with Gasteiger partial charge in [0.15, 0.2) is 0 Å². The summed E-state index contributed by atoms with van der Waals surface area (Å²) < 4.78 is 13.3. The smallest absolute Gasteiger partial charge is 0.214 e. The number of aromatic nitrogens is 1. The lowest BCUT2D eigenvalue weighted by molar-refractivity contribution is -0.107. The number of halogens is 1. The Labute approximate surface area is 174 Å². The van der Waals surface area contributed by atoms with Gasteiger partial charge in [0.05, 0.1) is 10.6 Å². The van der Waals surface area contributed by atoms with Crippen LogP contribution in [0, 0.1) is 5.82 Å². The average molecular weight is 408 g/mol. The molecule has 2 N–H and O–H groups in total. The first-order valence-corrected chi connectivity index (χ1v) is 10.5. The van der Waals surface area contributed by atoms with Gasteiger partial charge in [0, 0.05) is 24.0 Å². The first kappa shape index (κ1) is 19.6. The van der Waals surface area contributed by atoms with Gasteiger partial charge in [-0.25, -0.2) is 4.39 Å². The van der Waals surface area contributed by atoms with Crippen LogP contribution in [0.3, 0.4) is 0 Å². The van der Waals surface area contributed by atoms with Crippen molar-refractivity contribution in [1.29, 1.82) is 0 Å². The van der Waals surface area contributed by atoms with E-state index in [1.165, 1.54) is 42.0 Å². The van der Waals surface area contributed by atoms with Crippen LogP contribution in [0.4, 0.5) is 10.1 Å². The topological polar surface area (TPSA) is 59.2 Å². The highest BCUT2D eigenvalue weighted by Gasteiger charge is 2.20. The lowest BCUT2D eigenvalue weighted by Gasteiger charge is -2.10. The second-order valence-electron chi connectivity index (χ2n) is 7.13. The van der Waals surface area contributed by atoms with Crippen LogP contribution in [-0.4, -0.2) is 17.9 Å². The Balaban J connectivity index is 0.000000142. The fourth-order valence-electron chi connectivity index (χ4n) is 3.88. The first-order valence-electron chi connectivity index (χ1n) is 9.64. The number of carbonyl (C=O) groups excluding carboxylic acids is 1. The van der Waals surface area contributed by atoms with Gasteiger partial charge in [0.25, 0.3) is 0 Å². The quantitative estimate of drug-likeness (QED) is 0.511. The summed E-state index contributed by atoms with van der Waals surface area (Å²) in [6, 6.07) is 15.9. The molecule has 1 amide bonds. The molecule has 1 aliphatic heterocycles. The van der Waals surface area contributed by atoms with Crippen LogP contribution < -0.4 is 10.0 Å². The monoisotopic (exact) mass is 407 g/mol. The van der Waals surface area contributed by atoms with Gasteiger partial charge < -0.3 is 4.90 Å². The molecule has 6 heteroatoms. The molecule has 2 aliphatic rings. The molecule has 0 saturated heterocycles. The molecule has 2 aromatic carbocycles. The number of rotatable bonds is 3. The molecule has 1 aliphatic carbocycles. The molecule has 5 rings (SSSR count). The average Bonchev–Trinajstić information content (AvgIpc) is 3.39. The largest absolute Gasteiger partial charge is 0.314 e. The van der Waals surface area contributed by atoms with Gasteiger partial charge in [-0.15, -0.1) is 0 Å². The van der Waals surface area contributed by atoms with Gasteiger partial charge in [-0.05, 0) is 84.7 Å². The Morgan fingerprint density at radius 1 is 1.03 bits per heavy atom. The zero-order valence-corrected chi connectivity index (χ0v) is 16.8. The minimum Gasteiger partial charge on any atom is -0.314 e. The van der Waals surface area contributed by atoms with Crippen molar-refractivity contribution in [2.24, 2.45) is 5.14 Å². The van der Waals surface area contributed by atoms with E-state index >= 15 is 0 Å². The summed E-state index contributed by atoms with van der Waals surface area (Å²) in [5.41, 5.74) is 7.00. The fraction of sp³-hybridized carbons (Fsp3) is 0.217. The number of anilines is 1. The Morgan fingerprint density at radius 3 is 2.66 bits per heavy atom. The Morgan fingerprint density at radius 2 is 1.90 bits per heavy atom. The standard InChI is InChI=1S/C14H13N.C9H9FN2OS/c1-2-9-15-14(6-1)13-8-7-11-4-3-5-12(11)10-13;10-7-3-6-1-2-12(5-13)8(6)4-9(7)14-11/h1-2,6-10H,3-5H2;3-5H,1-2,11H2. The fourth-order valence-corrected chi connectivity index (χ4v) is 4.23. The highest BCUT2D eigenvalue weighted by molar-refractivity contribution is 7.97. The van der Waals surface area contributed by atoms with Crippen molar-refractivity contribution in [2.45, 2.75) is 30.6 Å². The van der Waals surface area contributed by atoms with E-state index in [1.54, 1.807) is 11.0 Å². The molecule has 0 spiro atoms. The van der Waals surface area contributed by atoms with Crippen molar-refractivity contribution in [2.75, 3.05) is 11.4 Å². The van der Waals surface area contributed by atoms with E-state index in [0.29, 0.717) is 17.9 Å². The van der Waals surface area contributed by atoms with E-state index in [2.05, 4.69) is 29.2 Å². The maximum Gasteiger partial charge on any atom is 0.214 e. The number of aryl methyl sites for hydroxylation is 2. The van der Waals surface area contributed by atoms with Gasteiger partial charge in [-0.3, -0.25) is 14.9 Å². The van der Waals surface area contributed by atoms with Crippen LogP contribution in [0.2, 0.25) is 0 Å². The number of hydrogen-bond acceptors (Lipinski definition) is 4. The van der Waals surface area contributed by atoms with Crippen LogP contribution in [0.25, 0.3) is 11.3 Å². The van der Waals surface area contributed by atoms with Gasteiger partial charge in [0.1, 0.15) is 5.82 Å². The number of nitrogens with zero attached hydrogens (tertiary/aromatic N) is 2. The third kappa shape index (κ3) is 4.18. The minimum absolute atomic E-state index is 0.316. The highest BCUT2D eigenvalue weighted by Crippen LogP contribution is 2.32. The van der Waals surface area contributed by atoms with E-state index in [1.807, 2.05) is 18.3 Å². The summed E-state index contributed by atoms with van der Waals surface area (Å²) in [7, 11) is 0. The van der Waals surface area contributed by atoms with Crippen molar-refractivity contribution in [3.8, 4) is 11.3 Å². The van der Waals surface area contributed by atoms with Crippen molar-refractivity contribution in [3.63, 3.8) is 0 Å². The molecular weight excluding hydrogens is 385 g/mol. The molecule has 4 nitrogen and oxygen atoms in total. The molecule has 1 aromatic heterocycles. The highest BCUT2D eigenvalue weighted by atomic mass is 32.2. The normalized spacial score (nSPS) is 14.1. The number of carbonyl (C=O) groups is 1. The number of hydrogen-bond donors (Lipinski definition) is 1. The number of fused-ring (bicyclic) bond motifs is 2. The van der Waals surface area contributed by atoms with E-state index in [0.717, 1.165) is 35.3 Å². The second-order valence-corrected chi connectivity index (χ2v) is 7.81. The van der Waals surface area contributed by atoms with Crippen molar-refractivity contribution in [3.05, 3.63) is 77.2 Å². The zero-order chi connectivity index (χ0) is 20.2. The van der Waals surface area contributed by atoms with Crippen LogP contribution in [0.15, 0.2) is 59.6 Å². The Hall–Kier alpha value is -2.70. The molecule has 3 aromatic rings. The summed E-state index contributed by atoms with van der Waals surface area (Å²) in [4.78, 5) is 17.0. The Bertz CT molecular complexity index is 1030. The third-order valence-electron chi connectivity index (χ3n) is 5.38. The molecule has 0 saturated carbocycles. The third-order valence-corrected chi connectivity index (χ3v) is 5.94. The zero-order valence-electron chi connectivity index (χ0n) is 16.0. The van der Waals surface area contributed by atoms with Crippen molar-refractivity contribution >= 4 is 24.0 Å². The summed E-state index contributed by atoms with van der Waals surface area (Å²) in [6.07, 6.45) is 7.10. The number of pyridine rings is 1.